The molecular formula is C36H40I2O6. The molecule has 0 radical (unpaired) electrons. The Bertz CT molecular complexity index is 1750. The molecule has 5 aromatic rings. The highest BCUT2D eigenvalue weighted by atomic mass is 127. The molecule has 0 heterocycles. The van der Waals surface area contributed by atoms with Crippen LogP contribution in [0.25, 0.3) is 43.1 Å². The first-order chi connectivity index (χ1) is 21.4. The van der Waals surface area contributed by atoms with Crippen molar-refractivity contribution in [3.05, 3.63) is 51.9 Å². The van der Waals surface area contributed by atoms with Crippen LogP contribution in [0.5, 0.6) is 23.0 Å². The molecule has 0 N–H and O–H groups in total. The van der Waals surface area contributed by atoms with Crippen molar-refractivity contribution in [2.24, 2.45) is 0 Å². The maximum Gasteiger partial charge on any atom is 0.195 e. The Morgan fingerprint density at radius 3 is 1.00 bits per heavy atom. The molecule has 0 spiro atoms. The Hall–Kier alpha value is -2.34. The predicted octanol–water partition coefficient (Wildman–Crippen LogP) is 9.82. The van der Waals surface area contributed by atoms with Gasteiger partial charge in [-0.15, -0.1) is 0 Å². The van der Waals surface area contributed by atoms with E-state index in [2.05, 4.69) is 72.9 Å². The van der Waals surface area contributed by atoms with Crippen LogP contribution in [0, 0.1) is 7.14 Å². The monoisotopic (exact) mass is 822 g/mol. The number of unbranched alkanes of at least 4 members (excludes halogenated alkanes) is 4. The number of ether oxygens (including phenoxy) is 4. The molecule has 6 nitrogen and oxygen atoms in total. The van der Waals surface area contributed by atoms with E-state index in [-0.39, 0.29) is 10.9 Å². The first-order valence-electron chi connectivity index (χ1n) is 15.9. The lowest BCUT2D eigenvalue weighted by Gasteiger charge is -2.13. The summed E-state index contributed by atoms with van der Waals surface area (Å²) in [5.41, 5.74) is -0.110. The SMILES string of the molecule is CCCCOc1cc2c(=O)c3c(I)c4c(c(I)c3c2cc1OCCCC)c(=O)c1cc(OCCCC)c(OCCCC)cc14. The lowest BCUT2D eigenvalue weighted by molar-refractivity contribution is 0.262. The summed E-state index contributed by atoms with van der Waals surface area (Å²) < 4.78 is 26.2. The van der Waals surface area contributed by atoms with Crippen molar-refractivity contribution in [2.75, 3.05) is 26.4 Å². The van der Waals surface area contributed by atoms with Gasteiger partial charge in [0.15, 0.2) is 33.9 Å². The number of fused-ring (bicyclic) bond motifs is 6. The van der Waals surface area contributed by atoms with Gasteiger partial charge in [0.1, 0.15) is 0 Å². The van der Waals surface area contributed by atoms with Gasteiger partial charge in [0.2, 0.25) is 0 Å². The van der Waals surface area contributed by atoms with Crippen LogP contribution in [0.3, 0.4) is 0 Å². The summed E-state index contributed by atoms with van der Waals surface area (Å²) in [7, 11) is 0. The summed E-state index contributed by atoms with van der Waals surface area (Å²) >= 11 is 4.51. The van der Waals surface area contributed by atoms with Crippen LogP contribution in [0.1, 0.15) is 79.1 Å². The number of benzene rings is 3. The maximum absolute atomic E-state index is 14.1. The zero-order chi connectivity index (χ0) is 31.4. The molecule has 0 bridgehead atoms. The van der Waals surface area contributed by atoms with Gasteiger partial charge in [0.25, 0.3) is 0 Å². The van der Waals surface area contributed by atoms with Gasteiger partial charge in [-0.1, -0.05) is 53.4 Å². The van der Waals surface area contributed by atoms with Gasteiger partial charge >= 0.3 is 0 Å². The smallest absolute Gasteiger partial charge is 0.195 e. The van der Waals surface area contributed by atoms with Gasteiger partial charge < -0.3 is 18.9 Å². The minimum absolute atomic E-state index is 0.0552. The van der Waals surface area contributed by atoms with E-state index in [9.17, 15) is 9.59 Å². The van der Waals surface area contributed by atoms with Crippen LogP contribution in [0.2, 0.25) is 0 Å². The van der Waals surface area contributed by atoms with E-state index in [4.69, 9.17) is 18.9 Å². The van der Waals surface area contributed by atoms with Gasteiger partial charge in [-0.3, -0.25) is 9.59 Å². The fraction of sp³-hybridized carbons (Fsp3) is 0.444. The van der Waals surface area contributed by atoms with Crippen molar-refractivity contribution >= 4 is 88.3 Å². The zero-order valence-electron chi connectivity index (χ0n) is 26.0. The number of rotatable bonds is 16. The van der Waals surface area contributed by atoms with E-state index < -0.39 is 0 Å². The topological polar surface area (TPSA) is 71.1 Å². The third kappa shape index (κ3) is 6.22. The first-order valence-corrected chi connectivity index (χ1v) is 18.1. The molecule has 8 heteroatoms. The summed E-state index contributed by atoms with van der Waals surface area (Å²) in [4.78, 5) is 28.2. The number of hydrogen-bond acceptors (Lipinski definition) is 6. The van der Waals surface area contributed by atoms with Gasteiger partial charge in [0.05, 0.1) is 26.4 Å². The predicted molar refractivity (Wildman–Crippen MR) is 198 cm³/mol. The largest absolute Gasteiger partial charge is 0.490 e. The first kappa shape index (κ1) is 33.0. The van der Waals surface area contributed by atoms with E-state index in [1.54, 1.807) is 0 Å². The third-order valence-corrected chi connectivity index (χ3v) is 10.2. The van der Waals surface area contributed by atoms with Crippen molar-refractivity contribution in [3.63, 3.8) is 0 Å². The third-order valence-electron chi connectivity index (χ3n) is 8.05. The fourth-order valence-corrected chi connectivity index (χ4v) is 7.71. The summed E-state index contributed by atoms with van der Waals surface area (Å²) in [6.07, 6.45) is 7.72. The maximum atomic E-state index is 14.1. The van der Waals surface area contributed by atoms with E-state index in [0.29, 0.717) is 71.0 Å². The summed E-state index contributed by atoms with van der Waals surface area (Å²) in [6.45, 7) is 10.7. The molecule has 0 atom stereocenters. The Morgan fingerprint density at radius 1 is 0.455 bits per heavy atom. The molecule has 0 aliphatic carbocycles. The normalized spacial score (nSPS) is 11.8. The minimum atomic E-state index is -0.0552. The summed E-state index contributed by atoms with van der Waals surface area (Å²) in [5.74, 6) is 2.46. The van der Waals surface area contributed by atoms with Crippen LogP contribution < -0.4 is 29.8 Å². The molecule has 0 aliphatic heterocycles. The average Bonchev–Trinajstić information content (AvgIpc) is 3.47. The standard InChI is InChI=1S/C36H40I2O6/c1-5-9-13-41-25-17-21-23(19-27(25)43-15-11-7-3)35(39)31-29(21)33(37)32-30(34(31)38)22-18-26(42-14-10-6-2)28(44-16-12-8-4)20-24(22)36(32)40/h17-20H,5-16H2,1-4H3. The van der Waals surface area contributed by atoms with Gasteiger partial charge in [0, 0.05) is 39.5 Å². The highest BCUT2D eigenvalue weighted by Crippen LogP contribution is 2.44. The molecule has 0 amide bonds. The quantitative estimate of drug-likeness (QED) is 0.0730. The second-order valence-electron chi connectivity index (χ2n) is 11.3. The minimum Gasteiger partial charge on any atom is -0.490 e. The van der Waals surface area contributed by atoms with E-state index >= 15 is 0 Å². The van der Waals surface area contributed by atoms with Crippen molar-refractivity contribution in [2.45, 2.75) is 79.1 Å². The average molecular weight is 823 g/mol. The Morgan fingerprint density at radius 2 is 0.727 bits per heavy atom. The lowest BCUT2D eigenvalue weighted by Crippen LogP contribution is -2.03. The Kier molecular flexibility index (Phi) is 11.1. The Balaban J connectivity index is 1.77. The highest BCUT2D eigenvalue weighted by molar-refractivity contribution is 14.1. The molecule has 5 rings (SSSR count). The molecule has 0 fully saturated rings. The van der Waals surface area contributed by atoms with Crippen molar-refractivity contribution < 1.29 is 18.9 Å². The molecule has 234 valence electrons. The second-order valence-corrected chi connectivity index (χ2v) is 13.4. The van der Waals surface area contributed by atoms with E-state index in [0.717, 1.165) is 80.1 Å². The van der Waals surface area contributed by atoms with Crippen molar-refractivity contribution in [1.29, 1.82) is 0 Å². The fourth-order valence-electron chi connectivity index (χ4n) is 5.56. The molecule has 0 saturated carbocycles. The molecule has 0 unspecified atom stereocenters. The Labute approximate surface area is 285 Å². The van der Waals surface area contributed by atoms with Crippen LogP contribution in [0.4, 0.5) is 0 Å². The van der Waals surface area contributed by atoms with E-state index in [1.165, 1.54) is 0 Å². The van der Waals surface area contributed by atoms with Crippen LogP contribution in [-0.4, -0.2) is 26.4 Å². The van der Waals surface area contributed by atoms with Gasteiger partial charge in [-0.05, 0) is 106 Å². The second kappa shape index (κ2) is 14.8. The zero-order valence-corrected chi connectivity index (χ0v) is 30.3. The molecule has 0 aliphatic rings. The molecule has 44 heavy (non-hydrogen) atoms. The summed E-state index contributed by atoms with van der Waals surface area (Å²) in [6, 6.07) is 7.54. The molecular weight excluding hydrogens is 782 g/mol. The van der Waals surface area contributed by atoms with E-state index in [1.807, 2.05) is 24.3 Å². The van der Waals surface area contributed by atoms with Crippen molar-refractivity contribution in [1.82, 2.24) is 0 Å². The van der Waals surface area contributed by atoms with Crippen LogP contribution in [-0.2, 0) is 0 Å². The van der Waals surface area contributed by atoms with Gasteiger partial charge in [-0.2, -0.15) is 0 Å². The highest BCUT2D eigenvalue weighted by Gasteiger charge is 2.26. The number of halogens is 2. The van der Waals surface area contributed by atoms with Crippen LogP contribution >= 0.6 is 45.2 Å². The number of hydrogen-bond donors (Lipinski definition) is 0. The molecule has 0 saturated heterocycles. The van der Waals surface area contributed by atoms with Crippen LogP contribution in [0.15, 0.2) is 33.9 Å². The summed E-state index contributed by atoms with van der Waals surface area (Å²) in [5, 5.41) is 5.62. The molecule has 0 aromatic heterocycles. The van der Waals surface area contributed by atoms with Gasteiger partial charge in [-0.25, -0.2) is 0 Å². The molecule has 5 aromatic carbocycles. The lowest BCUT2D eigenvalue weighted by atomic mass is 10.1. The van der Waals surface area contributed by atoms with Crippen molar-refractivity contribution in [3.8, 4) is 23.0 Å².